The number of thioether (sulfide) groups is 1. The molecule has 2 heterocycles. The van der Waals surface area contributed by atoms with Gasteiger partial charge < -0.3 is 4.74 Å². The molecule has 1 aliphatic rings. The molecule has 1 aromatic heterocycles. The minimum Gasteiger partial charge on any atom is -0.465 e. The molecule has 5 nitrogen and oxygen atoms in total. The molecule has 0 N–H and O–H groups in total. The van der Waals surface area contributed by atoms with Gasteiger partial charge in [-0.15, -0.1) is 16.8 Å². The molecule has 0 saturated carbocycles. The third kappa shape index (κ3) is 3.79. The summed E-state index contributed by atoms with van der Waals surface area (Å²) in [6.45, 7) is 11.5. The van der Waals surface area contributed by atoms with Crippen LogP contribution >= 0.6 is 11.8 Å². The Morgan fingerprint density at radius 2 is 2.04 bits per heavy atom. The van der Waals surface area contributed by atoms with Crippen LogP contribution in [-0.2, 0) is 21.5 Å². The number of ether oxygens (including phenoxy) is 1. The lowest BCUT2D eigenvalue weighted by Gasteiger charge is -2.19. The van der Waals surface area contributed by atoms with Crippen LogP contribution in [0.1, 0.15) is 32.8 Å². The molecule has 1 aromatic carbocycles. The molecule has 0 bridgehead atoms. The molecule has 3 rings (SSSR count). The number of carbonyl (C=O) groups is 1. The maximum atomic E-state index is 11.7. The monoisotopic (exact) mass is 357 g/mol. The van der Waals surface area contributed by atoms with Crippen LogP contribution in [0.25, 0.3) is 11.4 Å². The van der Waals surface area contributed by atoms with Crippen molar-refractivity contribution in [3.63, 3.8) is 0 Å². The number of carbonyl (C=O) groups excluding carboxylic acids is 1. The van der Waals surface area contributed by atoms with E-state index in [1.54, 1.807) is 0 Å². The fraction of sp³-hybridized carbons (Fsp3) is 0.421. The maximum absolute atomic E-state index is 11.7. The van der Waals surface area contributed by atoms with Crippen LogP contribution in [0.4, 0.5) is 0 Å². The number of hydrogen-bond donors (Lipinski definition) is 0. The third-order valence-electron chi connectivity index (χ3n) is 4.17. The highest BCUT2D eigenvalue weighted by molar-refractivity contribution is 8.00. The second kappa shape index (κ2) is 7.04. The van der Waals surface area contributed by atoms with E-state index in [-0.39, 0.29) is 16.6 Å². The zero-order valence-corrected chi connectivity index (χ0v) is 15.7. The van der Waals surface area contributed by atoms with E-state index in [4.69, 9.17) is 4.74 Å². The van der Waals surface area contributed by atoms with E-state index < -0.39 is 0 Å². The van der Waals surface area contributed by atoms with Gasteiger partial charge in [-0.1, -0.05) is 62.9 Å². The molecule has 1 fully saturated rings. The molecular formula is C19H23N3O2S. The van der Waals surface area contributed by atoms with Gasteiger partial charge in [-0.25, -0.2) is 0 Å². The highest BCUT2D eigenvalue weighted by atomic mass is 32.2. The predicted octanol–water partition coefficient (Wildman–Crippen LogP) is 3.84. The first-order valence-electron chi connectivity index (χ1n) is 8.38. The van der Waals surface area contributed by atoms with E-state index in [9.17, 15) is 4.79 Å². The zero-order valence-electron chi connectivity index (χ0n) is 14.9. The highest BCUT2D eigenvalue weighted by Crippen LogP contribution is 2.32. The predicted molar refractivity (Wildman–Crippen MR) is 99.6 cm³/mol. The standard InChI is InChI=1S/C19H23N3O2S/c1-5-11-22-16(13-6-8-14(9-7-13)19(2,3)4)20-21-18(22)25-15-10-12-24-17(15)23/h5-9,15H,1,10-12H2,2-4H3/t15-/m0/s1. The quantitative estimate of drug-likeness (QED) is 0.601. The van der Waals surface area contributed by atoms with Crippen molar-refractivity contribution in [2.45, 2.75) is 49.6 Å². The summed E-state index contributed by atoms with van der Waals surface area (Å²) < 4.78 is 7.03. The Balaban J connectivity index is 1.91. The Morgan fingerprint density at radius 1 is 1.32 bits per heavy atom. The van der Waals surface area contributed by atoms with Crippen molar-refractivity contribution in [2.75, 3.05) is 6.61 Å². The Morgan fingerprint density at radius 3 is 2.60 bits per heavy atom. The zero-order chi connectivity index (χ0) is 18.0. The van der Waals surface area contributed by atoms with Gasteiger partial charge in [0.05, 0.1) is 6.61 Å². The summed E-state index contributed by atoms with van der Waals surface area (Å²) in [5.41, 5.74) is 2.38. The van der Waals surface area contributed by atoms with Gasteiger partial charge in [0.15, 0.2) is 11.0 Å². The van der Waals surface area contributed by atoms with E-state index in [0.717, 1.165) is 16.5 Å². The summed E-state index contributed by atoms with van der Waals surface area (Å²) in [5, 5.41) is 9.17. The van der Waals surface area contributed by atoms with Crippen molar-refractivity contribution in [3.05, 3.63) is 42.5 Å². The number of allylic oxidation sites excluding steroid dienone is 1. The normalized spacial score (nSPS) is 17.6. The van der Waals surface area contributed by atoms with Crippen LogP contribution in [0.2, 0.25) is 0 Å². The van der Waals surface area contributed by atoms with Crippen molar-refractivity contribution in [1.29, 1.82) is 0 Å². The molecule has 132 valence electrons. The number of esters is 1. The average Bonchev–Trinajstić information content (AvgIpc) is 3.15. The van der Waals surface area contributed by atoms with Crippen LogP contribution in [0.3, 0.4) is 0 Å². The van der Waals surface area contributed by atoms with Crippen LogP contribution in [-0.4, -0.2) is 32.6 Å². The lowest BCUT2D eigenvalue weighted by atomic mass is 9.87. The average molecular weight is 357 g/mol. The Kier molecular flexibility index (Phi) is 4.99. The molecule has 25 heavy (non-hydrogen) atoms. The molecule has 1 atom stereocenters. The second-order valence-electron chi connectivity index (χ2n) is 7.10. The SMILES string of the molecule is C=CCn1c(S[C@H]2CCOC2=O)nnc1-c1ccc(C(C)(C)C)cc1. The summed E-state index contributed by atoms with van der Waals surface area (Å²) >= 11 is 1.42. The van der Waals surface area contributed by atoms with Crippen LogP contribution in [0, 0.1) is 0 Å². The molecular weight excluding hydrogens is 334 g/mol. The van der Waals surface area contributed by atoms with Gasteiger partial charge in [0.2, 0.25) is 0 Å². The summed E-state index contributed by atoms with van der Waals surface area (Å²) in [7, 11) is 0. The van der Waals surface area contributed by atoms with Crippen LogP contribution < -0.4 is 0 Å². The van der Waals surface area contributed by atoms with Gasteiger partial charge in [0.25, 0.3) is 0 Å². The van der Waals surface area contributed by atoms with E-state index in [2.05, 4.69) is 61.8 Å². The first-order chi connectivity index (χ1) is 11.9. The molecule has 0 radical (unpaired) electrons. The van der Waals surface area contributed by atoms with Gasteiger partial charge in [0, 0.05) is 18.5 Å². The molecule has 2 aromatic rings. The van der Waals surface area contributed by atoms with Gasteiger partial charge >= 0.3 is 5.97 Å². The summed E-state index contributed by atoms with van der Waals surface area (Å²) in [5.74, 6) is 0.614. The number of cyclic esters (lactones) is 1. The lowest BCUT2D eigenvalue weighted by Crippen LogP contribution is -2.12. The Bertz CT molecular complexity index is 775. The largest absolute Gasteiger partial charge is 0.465 e. The minimum absolute atomic E-state index is 0.108. The number of rotatable bonds is 5. The van der Waals surface area contributed by atoms with Gasteiger partial charge in [-0.2, -0.15) is 0 Å². The highest BCUT2D eigenvalue weighted by Gasteiger charge is 2.30. The molecule has 1 aliphatic heterocycles. The van der Waals surface area contributed by atoms with E-state index >= 15 is 0 Å². The lowest BCUT2D eigenvalue weighted by molar-refractivity contribution is -0.137. The molecule has 1 saturated heterocycles. The van der Waals surface area contributed by atoms with Crippen molar-refractivity contribution in [1.82, 2.24) is 14.8 Å². The summed E-state index contributed by atoms with van der Waals surface area (Å²) in [4.78, 5) is 11.7. The third-order valence-corrected chi connectivity index (χ3v) is 5.40. The molecule has 6 heteroatoms. The fourth-order valence-electron chi connectivity index (χ4n) is 2.71. The maximum Gasteiger partial charge on any atom is 0.319 e. The van der Waals surface area contributed by atoms with Crippen molar-refractivity contribution in [2.24, 2.45) is 0 Å². The Hall–Kier alpha value is -2.08. The molecule has 0 spiro atoms. The summed E-state index contributed by atoms with van der Waals surface area (Å²) in [6.07, 6.45) is 2.52. The molecule has 0 unspecified atom stereocenters. The van der Waals surface area contributed by atoms with Crippen LogP contribution in [0.15, 0.2) is 42.1 Å². The summed E-state index contributed by atoms with van der Waals surface area (Å²) in [6, 6.07) is 8.40. The minimum atomic E-state index is -0.205. The van der Waals surface area contributed by atoms with E-state index in [0.29, 0.717) is 19.6 Å². The number of aromatic nitrogens is 3. The van der Waals surface area contributed by atoms with Gasteiger partial charge in [0.1, 0.15) is 5.25 Å². The topological polar surface area (TPSA) is 57.0 Å². The molecule has 0 aliphatic carbocycles. The second-order valence-corrected chi connectivity index (χ2v) is 8.27. The Labute approximate surface area is 152 Å². The van der Waals surface area contributed by atoms with E-state index in [1.165, 1.54) is 17.3 Å². The van der Waals surface area contributed by atoms with Gasteiger partial charge in [-0.05, 0) is 11.0 Å². The molecule has 0 amide bonds. The number of nitrogens with zero attached hydrogens (tertiary/aromatic N) is 3. The van der Waals surface area contributed by atoms with E-state index in [1.807, 2.05) is 10.6 Å². The number of benzene rings is 1. The number of hydrogen-bond acceptors (Lipinski definition) is 5. The first-order valence-corrected chi connectivity index (χ1v) is 9.26. The fourth-order valence-corrected chi connectivity index (χ4v) is 3.72. The van der Waals surface area contributed by atoms with Crippen molar-refractivity contribution >= 4 is 17.7 Å². The van der Waals surface area contributed by atoms with Gasteiger partial charge in [-0.3, -0.25) is 9.36 Å². The smallest absolute Gasteiger partial charge is 0.319 e. The van der Waals surface area contributed by atoms with Crippen molar-refractivity contribution in [3.8, 4) is 11.4 Å². The van der Waals surface area contributed by atoms with Crippen LogP contribution in [0.5, 0.6) is 0 Å². The van der Waals surface area contributed by atoms with Crippen molar-refractivity contribution < 1.29 is 9.53 Å². The first kappa shape index (κ1) is 17.7.